The number of rotatable bonds is 8. The molecule has 3 rings (SSSR count). The van der Waals surface area contributed by atoms with Crippen LogP contribution in [0.15, 0.2) is 83.5 Å². The minimum absolute atomic E-state index is 0.0733. The van der Waals surface area contributed by atoms with Crippen LogP contribution in [0.3, 0.4) is 0 Å². The number of hydrogen-bond acceptors (Lipinski definition) is 3. The van der Waals surface area contributed by atoms with Gasteiger partial charge < -0.3 is 14.6 Å². The first kappa shape index (κ1) is 20.4. The molecule has 0 saturated heterocycles. The number of amides is 2. The number of hydrogen-bond donors (Lipinski definition) is 1. The molecule has 2 amide bonds. The summed E-state index contributed by atoms with van der Waals surface area (Å²) in [6.07, 6.45) is 1.57. The molecule has 0 spiro atoms. The van der Waals surface area contributed by atoms with E-state index in [9.17, 15) is 9.59 Å². The minimum atomic E-state index is -0.735. The number of nitrogens with one attached hydrogen (secondary N) is 1. The highest BCUT2D eigenvalue weighted by molar-refractivity contribution is 5.89. The Hall–Kier alpha value is -3.34. The van der Waals surface area contributed by atoms with E-state index in [4.69, 9.17) is 4.42 Å². The molecule has 0 saturated carbocycles. The highest BCUT2D eigenvalue weighted by atomic mass is 16.3. The largest absolute Gasteiger partial charge is 0.467 e. The van der Waals surface area contributed by atoms with Crippen molar-refractivity contribution in [2.75, 3.05) is 0 Å². The van der Waals surface area contributed by atoms with Crippen molar-refractivity contribution >= 4 is 11.8 Å². The Morgan fingerprint density at radius 1 is 0.931 bits per heavy atom. The van der Waals surface area contributed by atoms with Crippen molar-refractivity contribution < 1.29 is 14.0 Å². The van der Waals surface area contributed by atoms with Gasteiger partial charge in [-0.1, -0.05) is 74.5 Å². The first-order chi connectivity index (χ1) is 14.1. The van der Waals surface area contributed by atoms with Gasteiger partial charge in [0, 0.05) is 12.5 Å². The molecule has 0 fully saturated rings. The molecule has 0 aliphatic heterocycles. The van der Waals surface area contributed by atoms with Crippen molar-refractivity contribution in [2.45, 2.75) is 33.0 Å². The Bertz CT molecular complexity index is 906. The number of benzene rings is 2. The van der Waals surface area contributed by atoms with E-state index >= 15 is 0 Å². The molecule has 1 unspecified atom stereocenters. The van der Waals surface area contributed by atoms with E-state index < -0.39 is 6.04 Å². The molecule has 5 heteroatoms. The van der Waals surface area contributed by atoms with Crippen LogP contribution in [0.1, 0.15) is 36.8 Å². The van der Waals surface area contributed by atoms with Crippen molar-refractivity contribution in [3.05, 3.63) is 95.9 Å². The first-order valence-electron chi connectivity index (χ1n) is 9.75. The van der Waals surface area contributed by atoms with E-state index in [1.54, 1.807) is 23.3 Å². The lowest BCUT2D eigenvalue weighted by Crippen LogP contribution is -2.44. The molecule has 29 heavy (non-hydrogen) atoms. The van der Waals surface area contributed by atoms with E-state index in [1.165, 1.54) is 0 Å². The normalized spacial score (nSPS) is 11.8. The SMILES string of the molecule is CC(C)C(=O)N(Cc1ccccc1)C(C(=O)NCc1ccco1)c1ccccc1. The van der Waals surface area contributed by atoms with Gasteiger partial charge in [0.1, 0.15) is 11.8 Å². The third-order valence-corrected chi connectivity index (χ3v) is 4.67. The average molecular weight is 390 g/mol. The molecule has 5 nitrogen and oxygen atoms in total. The summed E-state index contributed by atoms with van der Waals surface area (Å²) in [5.74, 6) is 0.117. The monoisotopic (exact) mass is 390 g/mol. The zero-order chi connectivity index (χ0) is 20.6. The van der Waals surface area contributed by atoms with E-state index in [0.29, 0.717) is 12.3 Å². The maximum Gasteiger partial charge on any atom is 0.247 e. The van der Waals surface area contributed by atoms with Gasteiger partial charge in [-0.05, 0) is 23.3 Å². The molecule has 0 bridgehead atoms. The number of carbonyl (C=O) groups is 2. The molecule has 2 aromatic carbocycles. The first-order valence-corrected chi connectivity index (χ1v) is 9.75. The van der Waals surface area contributed by atoms with Crippen LogP contribution in [0.4, 0.5) is 0 Å². The lowest BCUT2D eigenvalue weighted by atomic mass is 10.0. The van der Waals surface area contributed by atoms with Crippen LogP contribution in [0, 0.1) is 5.92 Å². The van der Waals surface area contributed by atoms with Crippen molar-refractivity contribution in [1.29, 1.82) is 0 Å². The Labute approximate surface area is 171 Å². The number of nitrogens with zero attached hydrogens (tertiary/aromatic N) is 1. The Kier molecular flexibility index (Phi) is 6.85. The van der Waals surface area contributed by atoms with Crippen LogP contribution in [0.2, 0.25) is 0 Å². The van der Waals surface area contributed by atoms with Crippen molar-refractivity contribution in [3.63, 3.8) is 0 Å². The van der Waals surface area contributed by atoms with Crippen LogP contribution in [0.25, 0.3) is 0 Å². The zero-order valence-corrected chi connectivity index (χ0v) is 16.7. The Morgan fingerprint density at radius 3 is 2.17 bits per heavy atom. The zero-order valence-electron chi connectivity index (χ0n) is 16.7. The van der Waals surface area contributed by atoms with E-state index in [2.05, 4.69) is 5.32 Å². The summed E-state index contributed by atoms with van der Waals surface area (Å²) in [5.41, 5.74) is 1.75. The molecule has 150 valence electrons. The predicted molar refractivity (Wildman–Crippen MR) is 112 cm³/mol. The summed E-state index contributed by atoms with van der Waals surface area (Å²) in [6, 6.07) is 22.0. The van der Waals surface area contributed by atoms with Crippen molar-refractivity contribution in [2.24, 2.45) is 5.92 Å². The highest BCUT2D eigenvalue weighted by Crippen LogP contribution is 2.25. The second-order valence-electron chi connectivity index (χ2n) is 7.22. The topological polar surface area (TPSA) is 62.6 Å². The Morgan fingerprint density at radius 2 is 1.59 bits per heavy atom. The summed E-state index contributed by atoms with van der Waals surface area (Å²) in [4.78, 5) is 28.0. The maximum absolute atomic E-state index is 13.3. The molecule has 3 aromatic rings. The van der Waals surface area contributed by atoms with E-state index in [-0.39, 0.29) is 24.3 Å². The summed E-state index contributed by atoms with van der Waals surface area (Å²) in [7, 11) is 0. The van der Waals surface area contributed by atoms with E-state index in [1.807, 2.05) is 74.5 Å². The van der Waals surface area contributed by atoms with Crippen molar-refractivity contribution in [3.8, 4) is 0 Å². The van der Waals surface area contributed by atoms with Crippen LogP contribution >= 0.6 is 0 Å². The lowest BCUT2D eigenvalue weighted by molar-refractivity contribution is -0.144. The van der Waals surface area contributed by atoms with Gasteiger partial charge in [-0.25, -0.2) is 0 Å². The minimum Gasteiger partial charge on any atom is -0.467 e. The van der Waals surface area contributed by atoms with Gasteiger partial charge in [0.2, 0.25) is 11.8 Å². The van der Waals surface area contributed by atoms with Crippen molar-refractivity contribution in [1.82, 2.24) is 10.2 Å². The maximum atomic E-state index is 13.3. The van der Waals surface area contributed by atoms with Crippen LogP contribution < -0.4 is 5.32 Å². The fourth-order valence-electron chi connectivity index (χ4n) is 3.20. The third-order valence-electron chi connectivity index (χ3n) is 4.67. The molecule has 0 aliphatic rings. The number of carbonyl (C=O) groups excluding carboxylic acids is 2. The van der Waals surface area contributed by atoms with Crippen LogP contribution in [-0.4, -0.2) is 16.7 Å². The van der Waals surface area contributed by atoms with Gasteiger partial charge in [-0.3, -0.25) is 9.59 Å². The summed E-state index contributed by atoms with van der Waals surface area (Å²) in [5, 5.41) is 2.92. The average Bonchev–Trinajstić information content (AvgIpc) is 3.26. The molecule has 1 aromatic heterocycles. The molecule has 1 N–H and O–H groups in total. The lowest BCUT2D eigenvalue weighted by Gasteiger charge is -2.32. The van der Waals surface area contributed by atoms with Gasteiger partial charge in [-0.15, -0.1) is 0 Å². The second-order valence-corrected chi connectivity index (χ2v) is 7.22. The van der Waals surface area contributed by atoms with Gasteiger partial charge in [0.25, 0.3) is 0 Å². The van der Waals surface area contributed by atoms with E-state index in [0.717, 1.165) is 11.1 Å². The molecule has 1 heterocycles. The van der Waals surface area contributed by atoms with Gasteiger partial charge in [0.15, 0.2) is 0 Å². The molecular weight excluding hydrogens is 364 g/mol. The fourth-order valence-corrected chi connectivity index (χ4v) is 3.20. The molecule has 1 atom stereocenters. The number of furan rings is 1. The summed E-state index contributed by atoms with van der Waals surface area (Å²) < 4.78 is 5.32. The van der Waals surface area contributed by atoms with Gasteiger partial charge in [-0.2, -0.15) is 0 Å². The molecule has 0 radical (unpaired) electrons. The summed E-state index contributed by atoms with van der Waals surface area (Å²) in [6.45, 7) is 4.32. The second kappa shape index (κ2) is 9.73. The standard InChI is InChI=1S/C24H26N2O3/c1-18(2)24(28)26(17-19-10-5-3-6-11-19)22(20-12-7-4-8-13-20)23(27)25-16-21-14-9-15-29-21/h3-15,18,22H,16-17H2,1-2H3,(H,25,27). The Balaban J connectivity index is 1.93. The highest BCUT2D eigenvalue weighted by Gasteiger charge is 2.32. The molecular formula is C24H26N2O3. The summed E-state index contributed by atoms with van der Waals surface area (Å²) >= 11 is 0. The quantitative estimate of drug-likeness (QED) is 0.623. The van der Waals surface area contributed by atoms with Crippen LogP contribution in [0.5, 0.6) is 0 Å². The molecule has 0 aliphatic carbocycles. The third kappa shape index (κ3) is 5.35. The predicted octanol–water partition coefficient (Wildman–Crippen LogP) is 4.32. The fraction of sp³-hybridized carbons (Fsp3) is 0.250. The van der Waals surface area contributed by atoms with Crippen LogP contribution in [-0.2, 0) is 22.7 Å². The van der Waals surface area contributed by atoms with Gasteiger partial charge >= 0.3 is 0 Å². The van der Waals surface area contributed by atoms with Gasteiger partial charge in [0.05, 0.1) is 12.8 Å². The smallest absolute Gasteiger partial charge is 0.247 e.